The van der Waals surface area contributed by atoms with Crippen LogP contribution in [0.15, 0.2) is 6.07 Å². The van der Waals surface area contributed by atoms with Crippen molar-refractivity contribution in [3.05, 3.63) is 17.3 Å². The van der Waals surface area contributed by atoms with Crippen molar-refractivity contribution in [2.45, 2.75) is 25.3 Å². The van der Waals surface area contributed by atoms with Gasteiger partial charge in [0.05, 0.1) is 12.8 Å². The number of aromatic nitrogens is 2. The molecule has 1 aliphatic rings. The standard InChI is InChI=1S/C9H13N3O/c1-13-9-5-6-4-7(10)2-3-8(6)11-12-9/h5,7H,2-4,10H2,1H3. The van der Waals surface area contributed by atoms with Crippen LogP contribution >= 0.6 is 0 Å². The van der Waals surface area contributed by atoms with E-state index in [2.05, 4.69) is 10.2 Å². The van der Waals surface area contributed by atoms with Gasteiger partial charge < -0.3 is 10.5 Å². The highest BCUT2D eigenvalue weighted by atomic mass is 16.5. The fourth-order valence-electron chi connectivity index (χ4n) is 1.63. The number of aryl methyl sites for hydroxylation is 1. The Bertz CT molecular complexity index is 314. The molecule has 0 saturated carbocycles. The van der Waals surface area contributed by atoms with Gasteiger partial charge in [-0.2, -0.15) is 5.10 Å². The van der Waals surface area contributed by atoms with Crippen molar-refractivity contribution in [2.24, 2.45) is 5.73 Å². The van der Waals surface area contributed by atoms with Gasteiger partial charge in [-0.05, 0) is 24.8 Å². The molecule has 0 bridgehead atoms. The first kappa shape index (κ1) is 8.44. The molecule has 1 unspecified atom stereocenters. The summed E-state index contributed by atoms with van der Waals surface area (Å²) in [6.07, 6.45) is 2.84. The van der Waals surface area contributed by atoms with Gasteiger partial charge in [0.15, 0.2) is 0 Å². The van der Waals surface area contributed by atoms with Gasteiger partial charge in [-0.15, -0.1) is 5.10 Å². The van der Waals surface area contributed by atoms with Crippen LogP contribution in [0.4, 0.5) is 0 Å². The molecule has 2 rings (SSSR count). The number of nitrogens with zero attached hydrogens (tertiary/aromatic N) is 2. The zero-order valence-corrected chi connectivity index (χ0v) is 7.66. The fourth-order valence-corrected chi connectivity index (χ4v) is 1.63. The van der Waals surface area contributed by atoms with Crippen LogP contribution in [0.2, 0.25) is 0 Å². The lowest BCUT2D eigenvalue weighted by atomic mass is 9.93. The molecule has 0 aromatic carbocycles. The third kappa shape index (κ3) is 1.62. The van der Waals surface area contributed by atoms with Crippen LogP contribution in [-0.4, -0.2) is 23.3 Å². The van der Waals surface area contributed by atoms with Gasteiger partial charge in [0.1, 0.15) is 0 Å². The molecule has 0 aliphatic heterocycles. The Labute approximate surface area is 77.1 Å². The number of ether oxygens (including phenoxy) is 1. The van der Waals surface area contributed by atoms with Crippen LogP contribution in [-0.2, 0) is 12.8 Å². The molecular weight excluding hydrogens is 166 g/mol. The molecule has 4 heteroatoms. The van der Waals surface area contributed by atoms with Gasteiger partial charge in [0, 0.05) is 12.1 Å². The molecule has 1 atom stereocenters. The third-order valence-corrected chi connectivity index (χ3v) is 2.38. The normalized spacial score (nSPS) is 20.9. The Balaban J connectivity index is 2.32. The maximum absolute atomic E-state index is 5.85. The minimum Gasteiger partial charge on any atom is -0.480 e. The topological polar surface area (TPSA) is 61.0 Å². The molecule has 0 spiro atoms. The highest BCUT2D eigenvalue weighted by molar-refractivity contribution is 5.27. The van der Waals surface area contributed by atoms with Gasteiger partial charge in [0.25, 0.3) is 0 Å². The molecule has 1 aromatic heterocycles. The summed E-state index contributed by atoms with van der Waals surface area (Å²) >= 11 is 0. The van der Waals surface area contributed by atoms with Crippen LogP contribution in [0.25, 0.3) is 0 Å². The van der Waals surface area contributed by atoms with E-state index in [1.165, 1.54) is 5.56 Å². The van der Waals surface area contributed by atoms with Crippen molar-refractivity contribution in [1.82, 2.24) is 10.2 Å². The van der Waals surface area contributed by atoms with E-state index >= 15 is 0 Å². The van der Waals surface area contributed by atoms with Crippen molar-refractivity contribution in [2.75, 3.05) is 7.11 Å². The lowest BCUT2D eigenvalue weighted by Crippen LogP contribution is -2.28. The lowest BCUT2D eigenvalue weighted by Gasteiger charge is -2.19. The molecule has 70 valence electrons. The molecule has 0 amide bonds. The first-order valence-electron chi connectivity index (χ1n) is 4.44. The Kier molecular flexibility index (Phi) is 2.14. The van der Waals surface area contributed by atoms with Crippen LogP contribution < -0.4 is 10.5 Å². The largest absolute Gasteiger partial charge is 0.480 e. The molecule has 1 aromatic rings. The number of hydrogen-bond acceptors (Lipinski definition) is 4. The van der Waals surface area contributed by atoms with Gasteiger partial charge in [-0.25, -0.2) is 0 Å². The summed E-state index contributed by atoms with van der Waals surface area (Å²) in [5.74, 6) is 0.577. The molecule has 4 nitrogen and oxygen atoms in total. The van der Waals surface area contributed by atoms with E-state index in [-0.39, 0.29) is 6.04 Å². The molecule has 0 fully saturated rings. The Morgan fingerprint density at radius 2 is 2.38 bits per heavy atom. The van der Waals surface area contributed by atoms with Crippen LogP contribution in [0, 0.1) is 0 Å². The summed E-state index contributed by atoms with van der Waals surface area (Å²) in [4.78, 5) is 0. The number of hydrogen-bond donors (Lipinski definition) is 1. The summed E-state index contributed by atoms with van der Waals surface area (Å²) in [5.41, 5.74) is 8.11. The van der Waals surface area contributed by atoms with Crippen LogP contribution in [0.5, 0.6) is 5.88 Å². The SMILES string of the molecule is COc1cc2c(nn1)CCC(N)C2. The minimum absolute atomic E-state index is 0.265. The van der Waals surface area contributed by atoms with Gasteiger partial charge in [-0.1, -0.05) is 0 Å². The number of rotatable bonds is 1. The lowest BCUT2D eigenvalue weighted by molar-refractivity contribution is 0.388. The summed E-state index contributed by atoms with van der Waals surface area (Å²) in [6.45, 7) is 0. The predicted octanol–water partition coefficient (Wildman–Crippen LogP) is 0.301. The third-order valence-electron chi connectivity index (χ3n) is 2.38. The maximum Gasteiger partial charge on any atom is 0.233 e. The summed E-state index contributed by atoms with van der Waals surface area (Å²) in [7, 11) is 1.60. The molecule has 0 radical (unpaired) electrons. The van der Waals surface area contributed by atoms with Crippen molar-refractivity contribution in [1.29, 1.82) is 0 Å². The maximum atomic E-state index is 5.85. The van der Waals surface area contributed by atoms with Crippen LogP contribution in [0.3, 0.4) is 0 Å². The van der Waals surface area contributed by atoms with E-state index in [9.17, 15) is 0 Å². The second kappa shape index (κ2) is 3.30. The van der Waals surface area contributed by atoms with E-state index in [1.54, 1.807) is 7.11 Å². The number of methoxy groups -OCH3 is 1. The first-order valence-corrected chi connectivity index (χ1v) is 4.44. The van der Waals surface area contributed by atoms with Crippen molar-refractivity contribution in [3.63, 3.8) is 0 Å². The summed E-state index contributed by atoms with van der Waals surface area (Å²) in [5, 5.41) is 8.02. The molecular formula is C9H13N3O. The zero-order valence-electron chi connectivity index (χ0n) is 7.66. The van der Waals surface area contributed by atoms with Gasteiger partial charge >= 0.3 is 0 Å². The minimum atomic E-state index is 0.265. The van der Waals surface area contributed by atoms with E-state index in [4.69, 9.17) is 10.5 Å². The van der Waals surface area contributed by atoms with Gasteiger partial charge in [0.2, 0.25) is 5.88 Å². The molecule has 1 heterocycles. The van der Waals surface area contributed by atoms with E-state index in [0.717, 1.165) is 25.0 Å². The summed E-state index contributed by atoms with van der Waals surface area (Å²) < 4.78 is 5.00. The molecule has 2 N–H and O–H groups in total. The second-order valence-electron chi connectivity index (χ2n) is 3.36. The predicted molar refractivity (Wildman–Crippen MR) is 48.6 cm³/mol. The smallest absolute Gasteiger partial charge is 0.233 e. The van der Waals surface area contributed by atoms with Crippen LogP contribution in [0.1, 0.15) is 17.7 Å². The first-order chi connectivity index (χ1) is 6.29. The molecule has 0 saturated heterocycles. The Hall–Kier alpha value is -1.16. The Morgan fingerprint density at radius 3 is 3.15 bits per heavy atom. The fraction of sp³-hybridized carbons (Fsp3) is 0.556. The van der Waals surface area contributed by atoms with E-state index in [1.807, 2.05) is 6.07 Å². The number of nitrogens with two attached hydrogens (primary N) is 1. The average Bonchev–Trinajstić information content (AvgIpc) is 2.16. The zero-order chi connectivity index (χ0) is 9.26. The van der Waals surface area contributed by atoms with Crippen molar-refractivity contribution < 1.29 is 4.74 Å². The monoisotopic (exact) mass is 179 g/mol. The highest BCUT2D eigenvalue weighted by Gasteiger charge is 2.17. The Morgan fingerprint density at radius 1 is 1.54 bits per heavy atom. The highest BCUT2D eigenvalue weighted by Crippen LogP contribution is 2.20. The van der Waals surface area contributed by atoms with Gasteiger partial charge in [-0.3, -0.25) is 0 Å². The second-order valence-corrected chi connectivity index (χ2v) is 3.36. The van der Waals surface area contributed by atoms with Crippen molar-refractivity contribution in [3.8, 4) is 5.88 Å². The van der Waals surface area contributed by atoms with E-state index < -0.39 is 0 Å². The molecule has 1 aliphatic carbocycles. The van der Waals surface area contributed by atoms with Crippen molar-refractivity contribution >= 4 is 0 Å². The summed E-state index contributed by atoms with van der Waals surface area (Å²) in [6, 6.07) is 2.20. The average molecular weight is 179 g/mol. The van der Waals surface area contributed by atoms with E-state index in [0.29, 0.717) is 5.88 Å². The molecule has 13 heavy (non-hydrogen) atoms. The quantitative estimate of drug-likeness (QED) is 0.673. The number of fused-ring (bicyclic) bond motifs is 1.